The molecule has 1 amide bonds. The summed E-state index contributed by atoms with van der Waals surface area (Å²) in [5.41, 5.74) is 1.87. The summed E-state index contributed by atoms with van der Waals surface area (Å²) in [7, 11) is 1.53. The van der Waals surface area contributed by atoms with E-state index in [9.17, 15) is 9.59 Å². The fourth-order valence-corrected chi connectivity index (χ4v) is 5.01. The van der Waals surface area contributed by atoms with Crippen molar-refractivity contribution in [2.24, 2.45) is 5.92 Å². The molecule has 0 radical (unpaired) electrons. The second-order valence-electron chi connectivity index (χ2n) is 10.9. The molecule has 2 aromatic rings. The largest absolute Gasteiger partial charge is 0.459 e. The van der Waals surface area contributed by atoms with Crippen LogP contribution in [0.4, 0.5) is 0 Å². The van der Waals surface area contributed by atoms with Crippen LogP contribution in [0.15, 0.2) is 60.7 Å². The number of carbonyl (C=O) groups excluding carboxylic acids is 2. The Morgan fingerprint density at radius 3 is 2.18 bits per heavy atom. The normalized spacial score (nSPS) is 25.2. The van der Waals surface area contributed by atoms with Crippen molar-refractivity contribution in [3.05, 3.63) is 71.8 Å². The van der Waals surface area contributed by atoms with Gasteiger partial charge >= 0.3 is 5.97 Å². The van der Waals surface area contributed by atoms with Crippen LogP contribution in [-0.4, -0.2) is 61.5 Å². The van der Waals surface area contributed by atoms with E-state index in [1.54, 1.807) is 0 Å². The van der Waals surface area contributed by atoms with Gasteiger partial charge in [0.05, 0.1) is 0 Å². The second kappa shape index (κ2) is 13.0. The molecule has 2 aromatic carbocycles. The number of esters is 1. The molecule has 0 spiro atoms. The van der Waals surface area contributed by atoms with Gasteiger partial charge in [0.25, 0.3) is 0 Å². The molecule has 2 N–H and O–H groups in total. The average molecular weight is 541 g/mol. The number of hydrogen-bond donors (Lipinski definition) is 2. The zero-order valence-electron chi connectivity index (χ0n) is 23.3. The predicted molar refractivity (Wildman–Crippen MR) is 144 cm³/mol. The predicted octanol–water partition coefficient (Wildman–Crippen LogP) is 3.31. The number of hydrogen-bond acceptors (Lipinski definition) is 8. The van der Waals surface area contributed by atoms with Crippen LogP contribution in [0.5, 0.6) is 0 Å². The van der Waals surface area contributed by atoms with Crippen molar-refractivity contribution in [3.63, 3.8) is 0 Å². The van der Waals surface area contributed by atoms with Crippen molar-refractivity contribution in [1.29, 1.82) is 0 Å². The van der Waals surface area contributed by atoms with Crippen LogP contribution in [0.1, 0.15) is 45.2 Å². The van der Waals surface area contributed by atoms with E-state index in [0.717, 1.165) is 11.1 Å². The fraction of sp³-hybridized carbons (Fsp3) is 0.533. The Kier molecular flexibility index (Phi) is 9.74. The highest BCUT2D eigenvalue weighted by molar-refractivity contribution is 5.88. The summed E-state index contributed by atoms with van der Waals surface area (Å²) in [5.74, 6) is -1.57. The van der Waals surface area contributed by atoms with Gasteiger partial charge in [0.1, 0.15) is 37.0 Å². The molecule has 2 aliphatic heterocycles. The summed E-state index contributed by atoms with van der Waals surface area (Å²) in [4.78, 5) is 27.0. The summed E-state index contributed by atoms with van der Waals surface area (Å²) in [6.45, 7) is 8.17. The molecular formula is C30H40N2O7. The van der Waals surface area contributed by atoms with Crippen molar-refractivity contribution in [1.82, 2.24) is 10.6 Å². The molecule has 0 bridgehead atoms. The van der Waals surface area contributed by atoms with Crippen molar-refractivity contribution in [2.45, 2.75) is 89.7 Å². The summed E-state index contributed by atoms with van der Waals surface area (Å²) in [6, 6.07) is 17.5. The monoisotopic (exact) mass is 540 g/mol. The van der Waals surface area contributed by atoms with Gasteiger partial charge < -0.3 is 29.0 Å². The number of nitrogens with one attached hydrogen (secondary N) is 2. The zero-order chi connectivity index (χ0) is 28.0. The highest BCUT2D eigenvalue weighted by Crippen LogP contribution is 2.40. The maximum atomic E-state index is 13.9. The van der Waals surface area contributed by atoms with Gasteiger partial charge in [-0.3, -0.25) is 10.1 Å². The highest BCUT2D eigenvalue weighted by Gasteiger charge is 2.58. The summed E-state index contributed by atoms with van der Waals surface area (Å²) >= 11 is 0. The first-order valence-corrected chi connectivity index (χ1v) is 13.5. The molecule has 9 heteroatoms. The summed E-state index contributed by atoms with van der Waals surface area (Å²) in [6.07, 6.45) is -2.03. The van der Waals surface area contributed by atoms with Gasteiger partial charge in [0.2, 0.25) is 5.91 Å². The minimum absolute atomic E-state index is 0.130. The minimum atomic E-state index is -0.855. The lowest BCUT2D eigenvalue weighted by Gasteiger charge is -2.30. The van der Waals surface area contributed by atoms with E-state index in [4.69, 9.17) is 23.7 Å². The Bertz CT molecular complexity index is 1080. The van der Waals surface area contributed by atoms with Crippen molar-refractivity contribution in [3.8, 4) is 0 Å². The van der Waals surface area contributed by atoms with E-state index in [1.807, 2.05) is 88.4 Å². The standard InChI is InChI=1S/C30H40N2O7/c1-19(2)16-22(28(34)36-18-21-14-10-7-11-15-21)32-27(33)23(31-17-20-12-8-6-9-13-20)24-25-26(29(35-5)37-24)39-30(3,4)38-25/h6-15,19,22-26,29,31H,16-18H2,1-5H3,(H,32,33)/t22-,23+,24+,25+,26+,29+/m0/s1. The van der Waals surface area contributed by atoms with E-state index in [1.165, 1.54) is 7.11 Å². The summed E-state index contributed by atoms with van der Waals surface area (Å²) < 4.78 is 29.5. The third kappa shape index (κ3) is 7.64. The van der Waals surface area contributed by atoms with Crippen LogP contribution in [0, 0.1) is 5.92 Å². The smallest absolute Gasteiger partial charge is 0.328 e. The van der Waals surface area contributed by atoms with Crippen LogP contribution in [0.25, 0.3) is 0 Å². The Labute approximate surface area is 230 Å². The molecule has 2 saturated heterocycles. The molecule has 0 aliphatic carbocycles. The fourth-order valence-electron chi connectivity index (χ4n) is 5.01. The second-order valence-corrected chi connectivity index (χ2v) is 10.9. The van der Waals surface area contributed by atoms with Gasteiger partial charge in [-0.2, -0.15) is 0 Å². The Hall–Kier alpha value is -2.82. The Morgan fingerprint density at radius 2 is 1.56 bits per heavy atom. The maximum absolute atomic E-state index is 13.9. The van der Waals surface area contributed by atoms with Crippen molar-refractivity contribution in [2.75, 3.05) is 7.11 Å². The number of methoxy groups -OCH3 is 1. The molecule has 39 heavy (non-hydrogen) atoms. The Balaban J connectivity index is 1.52. The van der Waals surface area contributed by atoms with Gasteiger partial charge in [0, 0.05) is 13.7 Å². The average Bonchev–Trinajstić information content (AvgIpc) is 3.40. The van der Waals surface area contributed by atoms with E-state index < -0.39 is 48.4 Å². The molecule has 0 saturated carbocycles. The topological polar surface area (TPSA) is 104 Å². The Morgan fingerprint density at radius 1 is 0.949 bits per heavy atom. The SMILES string of the molecule is CO[C@@H]1O[C@H]([C@@H](NCc2ccccc2)C(=O)N[C@@H](CC(C)C)C(=O)OCc2ccccc2)[C@H]2OC(C)(C)O[C@@H]12. The molecule has 9 nitrogen and oxygen atoms in total. The van der Waals surface area contributed by atoms with Crippen molar-refractivity contribution >= 4 is 11.9 Å². The molecule has 6 atom stereocenters. The first-order valence-electron chi connectivity index (χ1n) is 13.5. The minimum Gasteiger partial charge on any atom is -0.459 e. The van der Waals surface area contributed by atoms with Gasteiger partial charge in [0.15, 0.2) is 12.1 Å². The van der Waals surface area contributed by atoms with Crippen LogP contribution < -0.4 is 10.6 Å². The third-order valence-corrected chi connectivity index (χ3v) is 6.79. The lowest BCUT2D eigenvalue weighted by Crippen LogP contribution is -2.57. The molecular weight excluding hydrogens is 500 g/mol. The molecule has 0 unspecified atom stereocenters. The zero-order valence-corrected chi connectivity index (χ0v) is 23.3. The number of fused-ring (bicyclic) bond motifs is 1. The molecule has 2 heterocycles. The van der Waals surface area contributed by atoms with Gasteiger partial charge in [-0.1, -0.05) is 74.5 Å². The van der Waals surface area contributed by atoms with Crippen LogP contribution in [0.2, 0.25) is 0 Å². The van der Waals surface area contributed by atoms with Crippen LogP contribution in [0.3, 0.4) is 0 Å². The first-order chi connectivity index (χ1) is 18.7. The summed E-state index contributed by atoms with van der Waals surface area (Å²) in [5, 5.41) is 6.28. The van der Waals surface area contributed by atoms with Gasteiger partial charge in [-0.25, -0.2) is 4.79 Å². The molecule has 212 valence electrons. The quantitative estimate of drug-likeness (QED) is 0.395. The maximum Gasteiger partial charge on any atom is 0.328 e. The number of ether oxygens (including phenoxy) is 5. The van der Waals surface area contributed by atoms with Crippen LogP contribution >= 0.6 is 0 Å². The highest BCUT2D eigenvalue weighted by atomic mass is 16.8. The molecule has 0 aromatic heterocycles. The number of benzene rings is 2. The first kappa shape index (κ1) is 29.2. The number of carbonyl (C=O) groups is 2. The lowest BCUT2D eigenvalue weighted by molar-refractivity contribution is -0.229. The molecule has 4 rings (SSSR count). The molecule has 2 fully saturated rings. The number of rotatable bonds is 12. The van der Waals surface area contributed by atoms with E-state index >= 15 is 0 Å². The third-order valence-electron chi connectivity index (χ3n) is 6.79. The van der Waals surface area contributed by atoms with Gasteiger partial charge in [-0.05, 0) is 37.3 Å². The lowest BCUT2D eigenvalue weighted by atomic mass is 10.00. The van der Waals surface area contributed by atoms with Crippen molar-refractivity contribution < 1.29 is 33.3 Å². The number of amides is 1. The van der Waals surface area contributed by atoms with E-state index in [-0.39, 0.29) is 18.4 Å². The molecule has 2 aliphatic rings. The van der Waals surface area contributed by atoms with E-state index in [2.05, 4.69) is 10.6 Å². The van der Waals surface area contributed by atoms with Gasteiger partial charge in [-0.15, -0.1) is 0 Å². The van der Waals surface area contributed by atoms with E-state index in [0.29, 0.717) is 13.0 Å². The van der Waals surface area contributed by atoms with Crippen LogP contribution in [-0.2, 0) is 46.4 Å².